The Kier molecular flexibility index (Phi) is 2.76. The van der Waals surface area contributed by atoms with Crippen LogP contribution in [0, 0.1) is 17.8 Å². The Balaban J connectivity index is 1.79. The summed E-state index contributed by atoms with van der Waals surface area (Å²) in [5.41, 5.74) is 0. The lowest BCUT2D eigenvalue weighted by atomic mass is 9.62. The summed E-state index contributed by atoms with van der Waals surface area (Å²) in [4.78, 5) is 2.70. The highest BCUT2D eigenvalue weighted by molar-refractivity contribution is 4.96. The number of fused-ring (bicyclic) bond motifs is 3. The van der Waals surface area contributed by atoms with Crippen LogP contribution < -0.4 is 0 Å². The van der Waals surface area contributed by atoms with Gasteiger partial charge in [-0.2, -0.15) is 0 Å². The van der Waals surface area contributed by atoms with E-state index in [4.69, 9.17) is 0 Å². The summed E-state index contributed by atoms with van der Waals surface area (Å²) < 4.78 is 0. The summed E-state index contributed by atoms with van der Waals surface area (Å²) in [5.74, 6) is 3.23. The van der Waals surface area contributed by atoms with Gasteiger partial charge in [-0.3, -0.25) is 0 Å². The molecule has 0 amide bonds. The van der Waals surface area contributed by atoms with E-state index in [1.165, 1.54) is 45.1 Å². The van der Waals surface area contributed by atoms with E-state index in [1.807, 2.05) is 0 Å². The third kappa shape index (κ3) is 1.73. The van der Waals surface area contributed by atoms with Crippen LogP contribution in [-0.4, -0.2) is 24.5 Å². The van der Waals surface area contributed by atoms with Gasteiger partial charge in [0, 0.05) is 6.04 Å². The molecule has 15 heavy (non-hydrogen) atoms. The molecule has 1 saturated heterocycles. The van der Waals surface area contributed by atoms with Crippen LogP contribution in [0.1, 0.15) is 51.4 Å². The Bertz CT molecular complexity index is 225. The quantitative estimate of drug-likeness (QED) is 0.589. The van der Waals surface area contributed by atoms with Crippen LogP contribution in [0.25, 0.3) is 0 Å². The Labute approximate surface area is 94.2 Å². The minimum Gasteiger partial charge on any atom is -0.303 e. The van der Waals surface area contributed by atoms with E-state index in [2.05, 4.69) is 11.9 Å². The van der Waals surface area contributed by atoms with Crippen molar-refractivity contribution in [3.05, 3.63) is 0 Å². The molecule has 2 aliphatic carbocycles. The van der Waals surface area contributed by atoms with Crippen LogP contribution in [0.4, 0.5) is 0 Å². The second-order valence-corrected chi connectivity index (χ2v) is 6.16. The van der Waals surface area contributed by atoms with Gasteiger partial charge in [0.05, 0.1) is 0 Å². The topological polar surface area (TPSA) is 3.24 Å². The molecule has 0 aromatic rings. The first-order chi connectivity index (χ1) is 7.36. The highest BCUT2D eigenvalue weighted by atomic mass is 15.1. The van der Waals surface area contributed by atoms with Gasteiger partial charge in [-0.25, -0.2) is 0 Å². The second kappa shape index (κ2) is 4.08. The van der Waals surface area contributed by atoms with Crippen LogP contribution in [0.15, 0.2) is 0 Å². The molecular weight excluding hydrogens is 182 g/mol. The molecule has 1 nitrogen and oxygen atoms in total. The molecule has 86 valence electrons. The SMILES string of the molecule is CN1CCC[C@H]2CC[C@@H]3CCCC[C@H]3[C@@H]21. The lowest BCUT2D eigenvalue weighted by Crippen LogP contribution is -2.52. The summed E-state index contributed by atoms with van der Waals surface area (Å²) in [7, 11) is 2.38. The van der Waals surface area contributed by atoms with Gasteiger partial charge in [-0.05, 0) is 63.5 Å². The summed E-state index contributed by atoms with van der Waals surface area (Å²) in [6, 6.07) is 0.970. The van der Waals surface area contributed by atoms with E-state index in [-0.39, 0.29) is 0 Å². The van der Waals surface area contributed by atoms with Gasteiger partial charge in [-0.15, -0.1) is 0 Å². The maximum absolute atomic E-state index is 2.70. The van der Waals surface area contributed by atoms with Crippen molar-refractivity contribution in [1.82, 2.24) is 4.90 Å². The van der Waals surface area contributed by atoms with Gasteiger partial charge in [0.1, 0.15) is 0 Å². The molecule has 2 saturated carbocycles. The average Bonchev–Trinajstić information content (AvgIpc) is 2.29. The highest BCUT2D eigenvalue weighted by Gasteiger charge is 2.43. The zero-order valence-electron chi connectivity index (χ0n) is 10.1. The monoisotopic (exact) mass is 207 g/mol. The lowest BCUT2D eigenvalue weighted by molar-refractivity contribution is -0.0122. The van der Waals surface area contributed by atoms with Gasteiger partial charge in [0.15, 0.2) is 0 Å². The predicted octanol–water partition coefficient (Wildman–Crippen LogP) is 3.30. The normalized spacial score (nSPS) is 47.0. The maximum atomic E-state index is 2.70. The van der Waals surface area contributed by atoms with E-state index in [0.717, 1.165) is 23.8 Å². The number of hydrogen-bond donors (Lipinski definition) is 0. The second-order valence-electron chi connectivity index (χ2n) is 6.16. The van der Waals surface area contributed by atoms with Gasteiger partial charge in [-0.1, -0.05) is 19.3 Å². The van der Waals surface area contributed by atoms with E-state index < -0.39 is 0 Å². The lowest BCUT2D eigenvalue weighted by Gasteiger charge is -2.51. The molecule has 3 fully saturated rings. The van der Waals surface area contributed by atoms with E-state index >= 15 is 0 Å². The molecule has 0 radical (unpaired) electrons. The first-order valence-electron chi connectivity index (χ1n) is 7.06. The van der Waals surface area contributed by atoms with Gasteiger partial charge in [0.2, 0.25) is 0 Å². The third-order valence-corrected chi connectivity index (χ3v) is 5.39. The van der Waals surface area contributed by atoms with Crippen molar-refractivity contribution in [3.8, 4) is 0 Å². The minimum atomic E-state index is 0.970. The molecule has 0 bridgehead atoms. The van der Waals surface area contributed by atoms with Crippen molar-refractivity contribution < 1.29 is 0 Å². The first-order valence-corrected chi connectivity index (χ1v) is 7.06. The summed E-state index contributed by atoms with van der Waals surface area (Å²) in [6.45, 7) is 1.37. The zero-order chi connectivity index (χ0) is 10.3. The Hall–Kier alpha value is -0.0400. The molecule has 0 spiro atoms. The van der Waals surface area contributed by atoms with Crippen LogP contribution >= 0.6 is 0 Å². The molecule has 3 rings (SSSR count). The molecule has 0 N–H and O–H groups in total. The van der Waals surface area contributed by atoms with Gasteiger partial charge < -0.3 is 4.90 Å². The molecule has 1 heterocycles. The van der Waals surface area contributed by atoms with E-state index in [1.54, 1.807) is 12.8 Å². The summed E-state index contributed by atoms with van der Waals surface area (Å²) in [6.07, 6.45) is 12.2. The van der Waals surface area contributed by atoms with Crippen LogP contribution in [0.5, 0.6) is 0 Å². The molecule has 1 heteroatoms. The number of rotatable bonds is 0. The fourth-order valence-electron chi connectivity index (χ4n) is 4.75. The van der Waals surface area contributed by atoms with Crippen molar-refractivity contribution in [1.29, 1.82) is 0 Å². The van der Waals surface area contributed by atoms with Crippen LogP contribution in [0.2, 0.25) is 0 Å². The van der Waals surface area contributed by atoms with Crippen LogP contribution in [0.3, 0.4) is 0 Å². The molecule has 0 unspecified atom stereocenters. The van der Waals surface area contributed by atoms with Crippen molar-refractivity contribution >= 4 is 0 Å². The number of hydrogen-bond acceptors (Lipinski definition) is 1. The predicted molar refractivity (Wildman–Crippen MR) is 63.8 cm³/mol. The summed E-state index contributed by atoms with van der Waals surface area (Å²) >= 11 is 0. The smallest absolute Gasteiger partial charge is 0.0151 e. The fourth-order valence-corrected chi connectivity index (χ4v) is 4.75. The van der Waals surface area contributed by atoms with Crippen molar-refractivity contribution in [2.75, 3.05) is 13.6 Å². The van der Waals surface area contributed by atoms with Gasteiger partial charge >= 0.3 is 0 Å². The third-order valence-electron chi connectivity index (χ3n) is 5.39. The standard InChI is InChI=1S/C14H25N/c1-15-10-4-6-12-9-8-11-5-2-3-7-13(11)14(12)15/h11-14H,2-10H2,1H3/t11-,12-,13+,14+/m0/s1. The van der Waals surface area contributed by atoms with Crippen molar-refractivity contribution in [3.63, 3.8) is 0 Å². The highest BCUT2D eigenvalue weighted by Crippen LogP contribution is 2.47. The maximum Gasteiger partial charge on any atom is 0.0151 e. The average molecular weight is 207 g/mol. The van der Waals surface area contributed by atoms with Crippen molar-refractivity contribution in [2.45, 2.75) is 57.4 Å². The largest absolute Gasteiger partial charge is 0.303 e. The molecule has 0 aromatic heterocycles. The first kappa shape index (κ1) is 10.1. The molecular formula is C14H25N. The molecule has 4 atom stereocenters. The summed E-state index contributed by atoms with van der Waals surface area (Å²) in [5, 5.41) is 0. The Morgan fingerprint density at radius 3 is 2.47 bits per heavy atom. The van der Waals surface area contributed by atoms with Crippen LogP contribution in [-0.2, 0) is 0 Å². The zero-order valence-corrected chi connectivity index (χ0v) is 10.1. The molecule has 3 aliphatic rings. The van der Waals surface area contributed by atoms with E-state index in [9.17, 15) is 0 Å². The van der Waals surface area contributed by atoms with E-state index in [0.29, 0.717) is 0 Å². The number of nitrogens with zero attached hydrogens (tertiary/aromatic N) is 1. The number of piperidine rings is 1. The fraction of sp³-hybridized carbons (Fsp3) is 1.00. The van der Waals surface area contributed by atoms with Crippen molar-refractivity contribution in [2.24, 2.45) is 17.8 Å². The van der Waals surface area contributed by atoms with Gasteiger partial charge in [0.25, 0.3) is 0 Å². The molecule has 1 aliphatic heterocycles. The molecule has 0 aromatic carbocycles. The number of likely N-dealkylation sites (tertiary alicyclic amines) is 1. The Morgan fingerprint density at radius 2 is 1.53 bits per heavy atom. The Morgan fingerprint density at radius 1 is 0.800 bits per heavy atom. The minimum absolute atomic E-state index is 0.970.